The minimum Gasteiger partial charge on any atom is -0.378 e. The molecular formula is C24H22N2. The summed E-state index contributed by atoms with van der Waals surface area (Å²) in [7, 11) is 0. The van der Waals surface area contributed by atoms with Crippen LogP contribution < -0.4 is 10.2 Å². The Bertz CT molecular complexity index is 934. The molecule has 2 nitrogen and oxygen atoms in total. The number of hydrogen-bond donors (Lipinski definition) is 1. The lowest BCUT2D eigenvalue weighted by Crippen LogP contribution is -2.26. The number of nitrogens with zero attached hydrogens (tertiary/aromatic N) is 1. The zero-order valence-electron chi connectivity index (χ0n) is 14.7. The van der Waals surface area contributed by atoms with Gasteiger partial charge in [-0.05, 0) is 48.8 Å². The van der Waals surface area contributed by atoms with E-state index in [4.69, 9.17) is 0 Å². The largest absolute Gasteiger partial charge is 0.378 e. The average Bonchev–Trinajstić information content (AvgIpc) is 3.08. The standard InChI is InChI=1S/C24H22N2/c1-3-9-18(10-4-1)26(19-11-5-2-6-12-19)20-15-16-24-22(17-20)21-13-7-8-14-23(21)25-24/h1,3-5,7-17,22,24-25H,2,6H2. The summed E-state index contributed by atoms with van der Waals surface area (Å²) in [6.07, 6.45) is 16.1. The Hall–Kier alpha value is -3.00. The summed E-state index contributed by atoms with van der Waals surface area (Å²) in [5.74, 6) is 0.380. The first-order valence-corrected chi connectivity index (χ1v) is 9.37. The van der Waals surface area contributed by atoms with Gasteiger partial charge in [0.2, 0.25) is 0 Å². The predicted molar refractivity (Wildman–Crippen MR) is 109 cm³/mol. The normalized spacial score (nSPS) is 22.8. The molecule has 3 aliphatic rings. The molecule has 5 rings (SSSR count). The minimum absolute atomic E-state index is 0.352. The Kier molecular flexibility index (Phi) is 3.75. The molecule has 128 valence electrons. The lowest BCUT2D eigenvalue weighted by atomic mass is 9.90. The summed E-state index contributed by atoms with van der Waals surface area (Å²) >= 11 is 0. The van der Waals surface area contributed by atoms with E-state index in [0.29, 0.717) is 12.0 Å². The Balaban J connectivity index is 1.58. The third kappa shape index (κ3) is 2.59. The van der Waals surface area contributed by atoms with Crippen LogP contribution in [0.5, 0.6) is 0 Å². The molecule has 1 aliphatic heterocycles. The molecule has 0 amide bonds. The van der Waals surface area contributed by atoms with Gasteiger partial charge in [0.05, 0.1) is 6.04 Å². The maximum atomic E-state index is 3.64. The molecular weight excluding hydrogens is 316 g/mol. The van der Waals surface area contributed by atoms with E-state index >= 15 is 0 Å². The lowest BCUT2D eigenvalue weighted by molar-refractivity contribution is 0.790. The molecule has 2 atom stereocenters. The minimum atomic E-state index is 0.352. The van der Waals surface area contributed by atoms with E-state index in [1.165, 1.54) is 28.3 Å². The van der Waals surface area contributed by atoms with Crippen LogP contribution in [-0.2, 0) is 0 Å². The Morgan fingerprint density at radius 1 is 0.846 bits per heavy atom. The number of fused-ring (bicyclic) bond motifs is 3. The van der Waals surface area contributed by atoms with Crippen molar-refractivity contribution in [3.05, 3.63) is 108 Å². The Morgan fingerprint density at radius 3 is 2.54 bits per heavy atom. The molecule has 0 bridgehead atoms. The highest BCUT2D eigenvalue weighted by Crippen LogP contribution is 2.41. The Morgan fingerprint density at radius 2 is 1.69 bits per heavy atom. The number of hydrogen-bond acceptors (Lipinski definition) is 2. The molecule has 0 spiro atoms. The quantitative estimate of drug-likeness (QED) is 0.765. The second-order valence-electron chi connectivity index (χ2n) is 7.01. The van der Waals surface area contributed by atoms with Crippen LogP contribution in [0.4, 0.5) is 11.4 Å². The SMILES string of the molecule is C1=CC(N(C2=CC3c4ccccc4NC3C=C2)c2ccccc2)=CCC1. The van der Waals surface area contributed by atoms with Crippen molar-refractivity contribution < 1.29 is 0 Å². The molecule has 2 aromatic rings. The first kappa shape index (κ1) is 15.3. The van der Waals surface area contributed by atoms with Gasteiger partial charge in [-0.25, -0.2) is 0 Å². The first-order valence-electron chi connectivity index (χ1n) is 9.37. The number of benzene rings is 2. The monoisotopic (exact) mass is 338 g/mol. The zero-order valence-corrected chi connectivity index (χ0v) is 14.7. The van der Waals surface area contributed by atoms with Gasteiger partial charge in [0, 0.05) is 28.7 Å². The highest BCUT2D eigenvalue weighted by atomic mass is 15.2. The number of allylic oxidation sites excluding steroid dienone is 4. The molecule has 0 fully saturated rings. The summed E-state index contributed by atoms with van der Waals surface area (Å²) < 4.78 is 0. The van der Waals surface area contributed by atoms with Crippen molar-refractivity contribution in [2.45, 2.75) is 24.8 Å². The molecule has 2 aliphatic carbocycles. The van der Waals surface area contributed by atoms with E-state index in [0.717, 1.165) is 12.8 Å². The molecule has 2 aromatic carbocycles. The third-order valence-corrected chi connectivity index (χ3v) is 5.36. The highest BCUT2D eigenvalue weighted by Gasteiger charge is 2.32. The van der Waals surface area contributed by atoms with Gasteiger partial charge < -0.3 is 10.2 Å². The van der Waals surface area contributed by atoms with E-state index in [1.54, 1.807) is 0 Å². The van der Waals surface area contributed by atoms with Crippen LogP contribution in [0.3, 0.4) is 0 Å². The summed E-state index contributed by atoms with van der Waals surface area (Å²) in [6, 6.07) is 19.7. The van der Waals surface area contributed by atoms with Gasteiger partial charge in [-0.15, -0.1) is 0 Å². The van der Waals surface area contributed by atoms with Crippen molar-refractivity contribution in [1.82, 2.24) is 0 Å². The second kappa shape index (κ2) is 6.38. The van der Waals surface area contributed by atoms with Crippen molar-refractivity contribution in [3.8, 4) is 0 Å². The van der Waals surface area contributed by atoms with Crippen LogP contribution in [0.2, 0.25) is 0 Å². The van der Waals surface area contributed by atoms with Gasteiger partial charge in [-0.2, -0.15) is 0 Å². The van der Waals surface area contributed by atoms with Gasteiger partial charge >= 0.3 is 0 Å². The number of para-hydroxylation sites is 2. The van der Waals surface area contributed by atoms with Gasteiger partial charge in [-0.3, -0.25) is 0 Å². The maximum Gasteiger partial charge on any atom is 0.0553 e. The highest BCUT2D eigenvalue weighted by molar-refractivity contribution is 5.68. The van der Waals surface area contributed by atoms with Gasteiger partial charge in [0.25, 0.3) is 0 Å². The first-order chi connectivity index (χ1) is 12.9. The van der Waals surface area contributed by atoms with Gasteiger partial charge in [0.1, 0.15) is 0 Å². The van der Waals surface area contributed by atoms with Crippen molar-refractivity contribution >= 4 is 11.4 Å². The zero-order chi connectivity index (χ0) is 17.3. The average molecular weight is 338 g/mol. The fourth-order valence-corrected chi connectivity index (χ4v) is 4.12. The fraction of sp³-hybridized carbons (Fsp3) is 0.167. The third-order valence-electron chi connectivity index (χ3n) is 5.36. The maximum absolute atomic E-state index is 3.64. The van der Waals surface area contributed by atoms with E-state index in [2.05, 4.69) is 101 Å². The van der Waals surface area contributed by atoms with Crippen LogP contribution in [0.15, 0.2) is 102 Å². The summed E-state index contributed by atoms with van der Waals surface area (Å²) in [5, 5.41) is 3.64. The molecule has 0 saturated carbocycles. The van der Waals surface area contributed by atoms with Crippen LogP contribution in [0, 0.1) is 0 Å². The van der Waals surface area contributed by atoms with Crippen LogP contribution in [0.25, 0.3) is 0 Å². The van der Waals surface area contributed by atoms with Crippen molar-refractivity contribution in [3.63, 3.8) is 0 Å². The van der Waals surface area contributed by atoms with Crippen LogP contribution in [-0.4, -0.2) is 6.04 Å². The number of anilines is 2. The molecule has 1 N–H and O–H groups in total. The molecule has 0 aromatic heterocycles. The fourth-order valence-electron chi connectivity index (χ4n) is 4.12. The predicted octanol–water partition coefficient (Wildman–Crippen LogP) is 5.76. The molecule has 26 heavy (non-hydrogen) atoms. The molecule has 2 unspecified atom stereocenters. The van der Waals surface area contributed by atoms with Crippen LogP contribution >= 0.6 is 0 Å². The second-order valence-corrected chi connectivity index (χ2v) is 7.01. The van der Waals surface area contributed by atoms with E-state index in [9.17, 15) is 0 Å². The van der Waals surface area contributed by atoms with E-state index in [-0.39, 0.29) is 0 Å². The number of rotatable bonds is 3. The number of nitrogens with one attached hydrogen (secondary N) is 1. The van der Waals surface area contributed by atoms with Crippen molar-refractivity contribution in [1.29, 1.82) is 0 Å². The summed E-state index contributed by atoms with van der Waals surface area (Å²) in [5.41, 5.74) is 6.36. The smallest absolute Gasteiger partial charge is 0.0553 e. The van der Waals surface area contributed by atoms with Crippen molar-refractivity contribution in [2.75, 3.05) is 10.2 Å². The van der Waals surface area contributed by atoms with E-state index < -0.39 is 0 Å². The van der Waals surface area contributed by atoms with Crippen LogP contribution in [0.1, 0.15) is 24.3 Å². The Labute approximate surface area is 154 Å². The van der Waals surface area contributed by atoms with Gasteiger partial charge in [0.15, 0.2) is 0 Å². The molecule has 0 radical (unpaired) electrons. The molecule has 2 heteroatoms. The summed E-state index contributed by atoms with van der Waals surface area (Å²) in [6.45, 7) is 0. The van der Waals surface area contributed by atoms with Crippen molar-refractivity contribution in [2.24, 2.45) is 0 Å². The molecule has 1 heterocycles. The summed E-state index contributed by atoms with van der Waals surface area (Å²) in [4.78, 5) is 2.38. The molecule has 0 saturated heterocycles. The van der Waals surface area contributed by atoms with E-state index in [1.807, 2.05) is 0 Å². The van der Waals surface area contributed by atoms with Gasteiger partial charge in [-0.1, -0.05) is 60.7 Å². The topological polar surface area (TPSA) is 15.3 Å². The lowest BCUT2D eigenvalue weighted by Gasteiger charge is -2.31.